The van der Waals surface area contributed by atoms with Crippen LogP contribution in [0.25, 0.3) is 22.2 Å². The van der Waals surface area contributed by atoms with E-state index in [0.717, 1.165) is 26.6 Å². The van der Waals surface area contributed by atoms with E-state index in [4.69, 9.17) is 5.73 Å². The predicted molar refractivity (Wildman–Crippen MR) is 73.6 cm³/mol. The van der Waals surface area contributed by atoms with Gasteiger partial charge in [0.1, 0.15) is 0 Å². The average Bonchev–Trinajstić information content (AvgIpc) is 2.68. The third kappa shape index (κ3) is 1.91. The molecule has 1 heterocycles. The zero-order chi connectivity index (χ0) is 11.8. The van der Waals surface area contributed by atoms with Crippen LogP contribution in [-0.2, 0) is 0 Å². The molecule has 4 heteroatoms. The van der Waals surface area contributed by atoms with E-state index in [9.17, 15) is 0 Å². The SMILES string of the molecule is Nc1nc2cc(-c3cccc(Br)c3)ccc2[nH]1. The fourth-order valence-electron chi connectivity index (χ4n) is 1.87. The molecule has 3 N–H and O–H groups in total. The van der Waals surface area contributed by atoms with Crippen LogP contribution in [0.3, 0.4) is 0 Å². The number of H-pyrrole nitrogens is 1. The standard InChI is InChI=1S/C13H10BrN3/c14-10-3-1-2-8(6-10)9-4-5-11-12(7-9)17-13(15)16-11/h1-7H,(H3,15,16,17). The number of nitrogen functional groups attached to an aromatic ring is 1. The molecule has 0 aliphatic carbocycles. The Bertz CT molecular complexity index is 688. The largest absolute Gasteiger partial charge is 0.369 e. The number of anilines is 1. The average molecular weight is 288 g/mol. The molecular weight excluding hydrogens is 278 g/mol. The first-order valence-electron chi connectivity index (χ1n) is 5.23. The van der Waals surface area contributed by atoms with Crippen LogP contribution in [0, 0.1) is 0 Å². The fourth-order valence-corrected chi connectivity index (χ4v) is 2.27. The van der Waals surface area contributed by atoms with Crippen LogP contribution in [0.1, 0.15) is 0 Å². The molecule has 0 radical (unpaired) electrons. The minimum absolute atomic E-state index is 0.450. The van der Waals surface area contributed by atoms with Gasteiger partial charge in [0.25, 0.3) is 0 Å². The van der Waals surface area contributed by atoms with Crippen molar-refractivity contribution in [1.82, 2.24) is 9.97 Å². The number of aromatic amines is 1. The Morgan fingerprint density at radius 2 is 1.88 bits per heavy atom. The van der Waals surface area contributed by atoms with E-state index in [1.54, 1.807) is 0 Å². The van der Waals surface area contributed by atoms with Crippen molar-refractivity contribution in [3.63, 3.8) is 0 Å². The Balaban J connectivity index is 2.17. The molecule has 3 rings (SSSR count). The molecule has 0 amide bonds. The van der Waals surface area contributed by atoms with E-state index >= 15 is 0 Å². The Morgan fingerprint density at radius 1 is 1.06 bits per heavy atom. The number of aromatic nitrogens is 2. The van der Waals surface area contributed by atoms with Gasteiger partial charge in [-0.05, 0) is 35.4 Å². The minimum Gasteiger partial charge on any atom is -0.369 e. The summed E-state index contributed by atoms with van der Waals surface area (Å²) < 4.78 is 1.07. The zero-order valence-electron chi connectivity index (χ0n) is 8.94. The molecule has 0 spiro atoms. The smallest absolute Gasteiger partial charge is 0.198 e. The third-order valence-electron chi connectivity index (χ3n) is 2.66. The van der Waals surface area contributed by atoms with E-state index < -0.39 is 0 Å². The molecule has 84 valence electrons. The monoisotopic (exact) mass is 287 g/mol. The fraction of sp³-hybridized carbons (Fsp3) is 0. The van der Waals surface area contributed by atoms with Crippen molar-refractivity contribution in [3.05, 3.63) is 46.9 Å². The molecule has 2 aromatic carbocycles. The number of fused-ring (bicyclic) bond motifs is 1. The van der Waals surface area contributed by atoms with Gasteiger partial charge in [0.2, 0.25) is 0 Å². The summed E-state index contributed by atoms with van der Waals surface area (Å²) in [6, 6.07) is 14.3. The van der Waals surface area contributed by atoms with Gasteiger partial charge >= 0.3 is 0 Å². The van der Waals surface area contributed by atoms with Crippen LogP contribution in [-0.4, -0.2) is 9.97 Å². The summed E-state index contributed by atoms with van der Waals surface area (Å²) in [4.78, 5) is 7.24. The number of hydrogen-bond donors (Lipinski definition) is 2. The molecule has 0 saturated heterocycles. The molecule has 0 saturated carbocycles. The van der Waals surface area contributed by atoms with Crippen molar-refractivity contribution in [2.24, 2.45) is 0 Å². The minimum atomic E-state index is 0.450. The Kier molecular flexibility index (Phi) is 2.37. The van der Waals surface area contributed by atoms with Crippen molar-refractivity contribution in [1.29, 1.82) is 0 Å². The molecule has 17 heavy (non-hydrogen) atoms. The highest BCUT2D eigenvalue weighted by Gasteiger charge is 2.03. The van der Waals surface area contributed by atoms with E-state index in [-0.39, 0.29) is 0 Å². The highest BCUT2D eigenvalue weighted by Crippen LogP contribution is 2.25. The number of halogens is 1. The normalized spacial score (nSPS) is 10.9. The Labute approximate surface area is 107 Å². The maximum absolute atomic E-state index is 5.63. The Hall–Kier alpha value is -1.81. The molecule has 0 fully saturated rings. The van der Waals surface area contributed by atoms with Crippen LogP contribution in [0.5, 0.6) is 0 Å². The first kappa shape index (κ1) is 10.4. The van der Waals surface area contributed by atoms with Crippen molar-refractivity contribution < 1.29 is 0 Å². The van der Waals surface area contributed by atoms with Crippen LogP contribution < -0.4 is 5.73 Å². The van der Waals surface area contributed by atoms with Gasteiger partial charge in [0.05, 0.1) is 11.0 Å². The molecule has 0 atom stereocenters. The highest BCUT2D eigenvalue weighted by atomic mass is 79.9. The lowest BCUT2D eigenvalue weighted by molar-refractivity contribution is 1.35. The van der Waals surface area contributed by atoms with Crippen LogP contribution in [0.2, 0.25) is 0 Å². The van der Waals surface area contributed by atoms with E-state index in [1.807, 2.05) is 24.3 Å². The topological polar surface area (TPSA) is 54.7 Å². The number of hydrogen-bond acceptors (Lipinski definition) is 2. The molecule has 0 unspecified atom stereocenters. The second-order valence-electron chi connectivity index (χ2n) is 3.86. The number of rotatable bonds is 1. The molecular formula is C13H10BrN3. The zero-order valence-corrected chi connectivity index (χ0v) is 10.5. The summed E-state index contributed by atoms with van der Waals surface area (Å²) in [6.07, 6.45) is 0. The number of nitrogens with one attached hydrogen (secondary N) is 1. The van der Waals surface area contributed by atoms with E-state index in [0.29, 0.717) is 5.95 Å². The van der Waals surface area contributed by atoms with Gasteiger partial charge in [-0.25, -0.2) is 4.98 Å². The maximum Gasteiger partial charge on any atom is 0.198 e. The summed E-state index contributed by atoms with van der Waals surface area (Å²) in [5, 5.41) is 0. The highest BCUT2D eigenvalue weighted by molar-refractivity contribution is 9.10. The number of nitrogens with two attached hydrogens (primary N) is 1. The number of nitrogens with zero attached hydrogens (tertiary/aromatic N) is 1. The first-order chi connectivity index (χ1) is 8.22. The molecule has 0 aliphatic heterocycles. The second-order valence-corrected chi connectivity index (χ2v) is 4.78. The van der Waals surface area contributed by atoms with Gasteiger partial charge < -0.3 is 10.7 Å². The lowest BCUT2D eigenvalue weighted by Gasteiger charge is -2.01. The second kappa shape index (κ2) is 3.89. The molecule has 0 aliphatic rings. The van der Waals surface area contributed by atoms with Crippen LogP contribution in [0.4, 0.5) is 5.95 Å². The van der Waals surface area contributed by atoms with Gasteiger partial charge in [0.15, 0.2) is 5.95 Å². The lowest BCUT2D eigenvalue weighted by Crippen LogP contribution is -1.84. The summed E-state index contributed by atoms with van der Waals surface area (Å²) in [5.74, 6) is 0.450. The molecule has 1 aromatic heterocycles. The van der Waals surface area contributed by atoms with Gasteiger partial charge in [-0.1, -0.05) is 34.1 Å². The van der Waals surface area contributed by atoms with Crippen molar-refractivity contribution in [2.45, 2.75) is 0 Å². The quantitative estimate of drug-likeness (QED) is 0.719. The number of benzene rings is 2. The maximum atomic E-state index is 5.63. The summed E-state index contributed by atoms with van der Waals surface area (Å²) in [7, 11) is 0. The van der Waals surface area contributed by atoms with E-state index in [1.165, 1.54) is 0 Å². The van der Waals surface area contributed by atoms with Gasteiger partial charge in [-0.3, -0.25) is 0 Å². The van der Waals surface area contributed by atoms with Crippen LogP contribution >= 0.6 is 15.9 Å². The van der Waals surface area contributed by atoms with Crippen LogP contribution in [0.15, 0.2) is 46.9 Å². The van der Waals surface area contributed by atoms with E-state index in [2.05, 4.69) is 44.1 Å². The van der Waals surface area contributed by atoms with Gasteiger partial charge in [-0.15, -0.1) is 0 Å². The molecule has 3 aromatic rings. The first-order valence-corrected chi connectivity index (χ1v) is 6.03. The summed E-state index contributed by atoms with van der Waals surface area (Å²) >= 11 is 3.47. The predicted octanol–water partition coefficient (Wildman–Crippen LogP) is 3.57. The summed E-state index contributed by atoms with van der Waals surface area (Å²) in [5.41, 5.74) is 9.76. The van der Waals surface area contributed by atoms with Crippen molar-refractivity contribution >= 4 is 32.9 Å². The third-order valence-corrected chi connectivity index (χ3v) is 3.15. The van der Waals surface area contributed by atoms with Gasteiger partial charge in [-0.2, -0.15) is 0 Å². The van der Waals surface area contributed by atoms with Crippen molar-refractivity contribution in [3.8, 4) is 11.1 Å². The van der Waals surface area contributed by atoms with Gasteiger partial charge in [0, 0.05) is 4.47 Å². The summed E-state index contributed by atoms with van der Waals surface area (Å²) in [6.45, 7) is 0. The Morgan fingerprint density at radius 3 is 2.71 bits per heavy atom. The van der Waals surface area contributed by atoms with Crippen molar-refractivity contribution in [2.75, 3.05) is 5.73 Å². The molecule has 3 nitrogen and oxygen atoms in total. The number of imidazole rings is 1. The molecule has 0 bridgehead atoms. The lowest BCUT2D eigenvalue weighted by atomic mass is 10.1.